The normalized spacial score (nSPS) is 22.2. The molecule has 1 aliphatic heterocycles. The van der Waals surface area contributed by atoms with E-state index in [1.807, 2.05) is 6.20 Å². The Labute approximate surface area is 140 Å². The van der Waals surface area contributed by atoms with Gasteiger partial charge in [-0.2, -0.15) is 0 Å². The van der Waals surface area contributed by atoms with Crippen molar-refractivity contribution < 1.29 is 4.79 Å². The van der Waals surface area contributed by atoms with E-state index in [1.54, 1.807) is 0 Å². The summed E-state index contributed by atoms with van der Waals surface area (Å²) in [5, 5.41) is 0. The van der Waals surface area contributed by atoms with Gasteiger partial charge in [0.15, 0.2) is 0 Å². The van der Waals surface area contributed by atoms with Crippen molar-refractivity contribution in [2.45, 2.75) is 77.7 Å². The van der Waals surface area contributed by atoms with Gasteiger partial charge in [0.25, 0.3) is 0 Å². The summed E-state index contributed by atoms with van der Waals surface area (Å²) in [5.74, 6) is 2.79. The van der Waals surface area contributed by atoms with Crippen LogP contribution in [0.25, 0.3) is 0 Å². The standard InChI is InChI=1S/C19H31N3O/c1-3-11-22-15(2)13-20-19(22)17-10-12-21(14-17)18(23)9-8-16-6-4-5-7-16/h13,16-17H,3-12,14H2,1-2H3. The maximum atomic E-state index is 12.5. The number of hydrogen-bond acceptors (Lipinski definition) is 2. The van der Waals surface area contributed by atoms with Crippen LogP contribution in [0.15, 0.2) is 6.20 Å². The number of nitrogens with zero attached hydrogens (tertiary/aromatic N) is 3. The quantitative estimate of drug-likeness (QED) is 0.798. The first kappa shape index (κ1) is 16.5. The first-order chi connectivity index (χ1) is 11.2. The van der Waals surface area contributed by atoms with E-state index in [2.05, 4.69) is 28.3 Å². The highest BCUT2D eigenvalue weighted by Gasteiger charge is 2.30. The Bertz CT molecular complexity index is 531. The summed E-state index contributed by atoms with van der Waals surface area (Å²) >= 11 is 0. The number of imidazole rings is 1. The molecule has 0 aromatic carbocycles. The van der Waals surface area contributed by atoms with E-state index in [0.29, 0.717) is 11.8 Å². The zero-order valence-corrected chi connectivity index (χ0v) is 14.8. The van der Waals surface area contributed by atoms with Gasteiger partial charge in [-0.1, -0.05) is 32.6 Å². The SMILES string of the molecule is CCCn1c(C)cnc1C1CCN(C(=O)CCC2CCCC2)C1. The molecule has 23 heavy (non-hydrogen) atoms. The van der Waals surface area contributed by atoms with Crippen LogP contribution in [-0.2, 0) is 11.3 Å². The zero-order valence-electron chi connectivity index (χ0n) is 14.8. The van der Waals surface area contributed by atoms with Crippen molar-refractivity contribution in [2.24, 2.45) is 5.92 Å². The van der Waals surface area contributed by atoms with Crippen LogP contribution in [0.4, 0.5) is 0 Å². The predicted molar refractivity (Wildman–Crippen MR) is 92.4 cm³/mol. The lowest BCUT2D eigenvalue weighted by Gasteiger charge is -2.18. The Morgan fingerprint density at radius 2 is 2.09 bits per heavy atom. The van der Waals surface area contributed by atoms with Crippen LogP contribution in [0, 0.1) is 12.8 Å². The number of hydrogen-bond donors (Lipinski definition) is 0. The molecule has 1 unspecified atom stereocenters. The second-order valence-corrected chi connectivity index (χ2v) is 7.42. The smallest absolute Gasteiger partial charge is 0.222 e. The molecule has 3 rings (SSSR count). The van der Waals surface area contributed by atoms with Gasteiger partial charge < -0.3 is 9.47 Å². The minimum atomic E-state index is 0.365. The number of carbonyl (C=O) groups excluding carboxylic acids is 1. The summed E-state index contributed by atoms with van der Waals surface area (Å²) in [6, 6.07) is 0. The summed E-state index contributed by atoms with van der Waals surface area (Å²) < 4.78 is 2.34. The molecule has 4 nitrogen and oxygen atoms in total. The number of amides is 1. The van der Waals surface area contributed by atoms with Crippen molar-refractivity contribution in [3.63, 3.8) is 0 Å². The summed E-state index contributed by atoms with van der Waals surface area (Å²) in [4.78, 5) is 19.2. The predicted octanol–water partition coefficient (Wildman–Crippen LogP) is 3.89. The molecule has 1 atom stereocenters. The molecule has 1 aromatic rings. The second-order valence-electron chi connectivity index (χ2n) is 7.42. The maximum Gasteiger partial charge on any atom is 0.222 e. The minimum absolute atomic E-state index is 0.365. The summed E-state index contributed by atoms with van der Waals surface area (Å²) in [7, 11) is 0. The van der Waals surface area contributed by atoms with Crippen LogP contribution in [0.1, 0.15) is 75.7 Å². The van der Waals surface area contributed by atoms with Crippen LogP contribution < -0.4 is 0 Å². The molecule has 1 aromatic heterocycles. The molecular formula is C19H31N3O. The summed E-state index contributed by atoms with van der Waals surface area (Å²) in [6.07, 6.45) is 11.4. The van der Waals surface area contributed by atoms with Crippen LogP contribution in [0.5, 0.6) is 0 Å². The molecule has 1 aliphatic carbocycles. The molecular weight excluding hydrogens is 286 g/mol. The third-order valence-electron chi connectivity index (χ3n) is 5.68. The van der Waals surface area contributed by atoms with E-state index in [1.165, 1.54) is 37.2 Å². The Morgan fingerprint density at radius 3 is 2.83 bits per heavy atom. The van der Waals surface area contributed by atoms with Crippen LogP contribution in [0.2, 0.25) is 0 Å². The monoisotopic (exact) mass is 317 g/mol. The molecule has 1 saturated carbocycles. The Hall–Kier alpha value is -1.32. The first-order valence-electron chi connectivity index (χ1n) is 9.48. The fourth-order valence-corrected chi connectivity index (χ4v) is 4.30. The van der Waals surface area contributed by atoms with E-state index in [-0.39, 0.29) is 0 Å². The van der Waals surface area contributed by atoms with Crippen molar-refractivity contribution in [3.8, 4) is 0 Å². The first-order valence-corrected chi connectivity index (χ1v) is 9.48. The van der Waals surface area contributed by atoms with Crippen LogP contribution in [-0.4, -0.2) is 33.4 Å². The van der Waals surface area contributed by atoms with Crippen molar-refractivity contribution in [1.29, 1.82) is 0 Å². The van der Waals surface area contributed by atoms with Crippen LogP contribution in [0.3, 0.4) is 0 Å². The molecule has 4 heteroatoms. The fourth-order valence-electron chi connectivity index (χ4n) is 4.30. The highest BCUT2D eigenvalue weighted by molar-refractivity contribution is 5.76. The lowest BCUT2D eigenvalue weighted by molar-refractivity contribution is -0.130. The third-order valence-corrected chi connectivity index (χ3v) is 5.68. The second kappa shape index (κ2) is 7.50. The van der Waals surface area contributed by atoms with Gasteiger partial charge in [-0.25, -0.2) is 4.98 Å². The summed E-state index contributed by atoms with van der Waals surface area (Å²) in [6.45, 7) is 7.14. The van der Waals surface area contributed by atoms with Crippen LogP contribution >= 0.6 is 0 Å². The topological polar surface area (TPSA) is 38.1 Å². The largest absolute Gasteiger partial charge is 0.342 e. The van der Waals surface area contributed by atoms with E-state index >= 15 is 0 Å². The number of rotatable bonds is 6. The van der Waals surface area contributed by atoms with Gasteiger partial charge in [0, 0.05) is 43.9 Å². The molecule has 0 spiro atoms. The van der Waals surface area contributed by atoms with Gasteiger partial charge in [-0.3, -0.25) is 4.79 Å². The van der Waals surface area contributed by atoms with Crippen molar-refractivity contribution in [3.05, 3.63) is 17.7 Å². The Balaban J connectivity index is 1.54. The van der Waals surface area contributed by atoms with Gasteiger partial charge in [0.2, 0.25) is 5.91 Å². The number of aromatic nitrogens is 2. The number of likely N-dealkylation sites (tertiary alicyclic amines) is 1. The number of carbonyl (C=O) groups is 1. The molecule has 1 saturated heterocycles. The molecule has 0 N–H and O–H groups in total. The minimum Gasteiger partial charge on any atom is -0.342 e. The van der Waals surface area contributed by atoms with Gasteiger partial charge >= 0.3 is 0 Å². The van der Waals surface area contributed by atoms with Gasteiger partial charge in [0.1, 0.15) is 5.82 Å². The fraction of sp³-hybridized carbons (Fsp3) is 0.789. The lowest BCUT2D eigenvalue weighted by Crippen LogP contribution is -2.29. The zero-order chi connectivity index (χ0) is 16.2. The molecule has 0 radical (unpaired) electrons. The maximum absolute atomic E-state index is 12.5. The molecule has 2 heterocycles. The van der Waals surface area contributed by atoms with Crippen molar-refractivity contribution >= 4 is 5.91 Å². The average molecular weight is 317 g/mol. The molecule has 1 amide bonds. The molecule has 2 fully saturated rings. The molecule has 128 valence electrons. The summed E-state index contributed by atoms with van der Waals surface area (Å²) in [5.41, 5.74) is 1.24. The number of aryl methyl sites for hydroxylation is 1. The van der Waals surface area contributed by atoms with E-state index in [0.717, 1.165) is 51.2 Å². The van der Waals surface area contributed by atoms with Gasteiger partial charge in [-0.05, 0) is 32.1 Å². The van der Waals surface area contributed by atoms with Gasteiger partial charge in [0.05, 0.1) is 0 Å². The van der Waals surface area contributed by atoms with Gasteiger partial charge in [-0.15, -0.1) is 0 Å². The van der Waals surface area contributed by atoms with E-state index in [9.17, 15) is 4.79 Å². The van der Waals surface area contributed by atoms with Crippen molar-refractivity contribution in [1.82, 2.24) is 14.5 Å². The third kappa shape index (κ3) is 3.78. The molecule has 2 aliphatic rings. The highest BCUT2D eigenvalue weighted by atomic mass is 16.2. The Morgan fingerprint density at radius 1 is 1.30 bits per heavy atom. The van der Waals surface area contributed by atoms with E-state index in [4.69, 9.17) is 0 Å². The lowest BCUT2D eigenvalue weighted by atomic mass is 10.0. The molecule has 0 bridgehead atoms. The average Bonchev–Trinajstić information content (AvgIpc) is 3.27. The highest BCUT2D eigenvalue weighted by Crippen LogP contribution is 2.31. The van der Waals surface area contributed by atoms with Crippen molar-refractivity contribution in [2.75, 3.05) is 13.1 Å². The van der Waals surface area contributed by atoms with E-state index < -0.39 is 0 Å². The Kier molecular flexibility index (Phi) is 5.39.